The lowest BCUT2D eigenvalue weighted by Gasteiger charge is -2.49. The minimum atomic E-state index is -1.95. The Kier molecular flexibility index (Phi) is 13.0. The highest BCUT2D eigenvalue weighted by molar-refractivity contribution is 6.31. The Labute approximate surface area is 381 Å². The standard InChI is InChI=1S/C47H48N2O18/c1-6-48-44(60)28-18(2)12-25-31(38(28)56)30-23(15-24-32(39(30)57)35(53)22-13-21(62-5)14-26(50)29(22)34(24)52)36(54)42(25)66-46-41(59)43(67-45-40(58)37(55)27(51)17-63-45)33(19(3)65-46)49(4)47(61)64-16-20-10-8-7-9-11-20/h6-15,19,27,33,36-37,40-43,45-46,50-51,54-59H,16-17H2,1-5H3/t19-,27-,33+,36+,37+,40-,41-,42+,43+,45+,46+/m1/s1. The van der Waals surface area contributed by atoms with Crippen LogP contribution in [-0.4, -0.2) is 152 Å². The Hall–Kier alpha value is -6.33. The van der Waals surface area contributed by atoms with E-state index in [-0.39, 0.29) is 51.3 Å². The van der Waals surface area contributed by atoms with Crippen LogP contribution >= 0.6 is 0 Å². The number of rotatable bonds is 9. The fraction of sp³-hybridized carbons (Fsp3) is 0.383. The molecule has 4 aromatic carbocycles. The van der Waals surface area contributed by atoms with E-state index in [1.165, 1.54) is 53.3 Å². The van der Waals surface area contributed by atoms with Crippen LogP contribution in [0.2, 0.25) is 0 Å². The van der Waals surface area contributed by atoms with Crippen molar-refractivity contribution in [3.8, 4) is 34.1 Å². The zero-order chi connectivity index (χ0) is 48.3. The van der Waals surface area contributed by atoms with Gasteiger partial charge in [-0.25, -0.2) is 9.79 Å². The summed E-state index contributed by atoms with van der Waals surface area (Å²) in [6.07, 6.45) is -16.6. The van der Waals surface area contributed by atoms with E-state index >= 15 is 0 Å². The molecule has 2 amide bonds. The zero-order valence-corrected chi connectivity index (χ0v) is 36.6. The number of phenolic OH excluding ortho intramolecular Hbond substituents is 3. The molecule has 0 unspecified atom stereocenters. The molecule has 0 aromatic heterocycles. The third kappa shape index (κ3) is 8.09. The van der Waals surface area contributed by atoms with Gasteiger partial charge in [-0.3, -0.25) is 14.4 Å². The number of benzene rings is 4. The van der Waals surface area contributed by atoms with Crippen molar-refractivity contribution in [3.63, 3.8) is 0 Å². The Balaban J connectivity index is 1.21. The lowest BCUT2D eigenvalue weighted by molar-refractivity contribution is -0.344. The van der Waals surface area contributed by atoms with E-state index in [9.17, 15) is 60.0 Å². The minimum Gasteiger partial charge on any atom is -0.507 e. The highest BCUT2D eigenvalue weighted by Crippen LogP contribution is 2.57. The molecule has 8 rings (SSSR count). The van der Waals surface area contributed by atoms with E-state index in [0.29, 0.717) is 5.56 Å². The summed E-state index contributed by atoms with van der Waals surface area (Å²) in [5, 5.41) is 91.1. The van der Waals surface area contributed by atoms with Crippen molar-refractivity contribution in [2.75, 3.05) is 20.8 Å². The smallest absolute Gasteiger partial charge is 0.410 e. The maximum absolute atomic E-state index is 14.2. The van der Waals surface area contributed by atoms with Gasteiger partial charge in [0.15, 0.2) is 24.1 Å². The monoisotopic (exact) mass is 928 g/mol. The van der Waals surface area contributed by atoms with Crippen molar-refractivity contribution in [2.45, 2.75) is 94.8 Å². The van der Waals surface area contributed by atoms with Crippen LogP contribution in [0.15, 0.2) is 59.6 Å². The number of fused-ring (bicyclic) bond motifs is 5. The van der Waals surface area contributed by atoms with E-state index in [1.807, 2.05) is 0 Å². The van der Waals surface area contributed by atoms with Gasteiger partial charge in [-0.2, -0.15) is 0 Å². The van der Waals surface area contributed by atoms with Crippen LogP contribution in [0.25, 0.3) is 11.1 Å². The number of hydrogen-bond acceptors (Lipinski definition) is 18. The molecule has 0 saturated carbocycles. The largest absolute Gasteiger partial charge is 0.507 e. The highest BCUT2D eigenvalue weighted by atomic mass is 16.7. The van der Waals surface area contributed by atoms with Gasteiger partial charge in [0.25, 0.3) is 5.91 Å². The number of ether oxygens (including phenoxy) is 6. The second kappa shape index (κ2) is 18.4. The van der Waals surface area contributed by atoms with E-state index < -0.39 is 132 Å². The van der Waals surface area contributed by atoms with Crippen LogP contribution in [-0.2, 0) is 30.3 Å². The lowest BCUT2D eigenvalue weighted by Crippen LogP contribution is -2.66. The fourth-order valence-corrected chi connectivity index (χ4v) is 9.19. The minimum absolute atomic E-state index is 0.0284. The molecule has 0 spiro atoms. The number of amides is 2. The summed E-state index contributed by atoms with van der Waals surface area (Å²) in [4.78, 5) is 60.2. The highest BCUT2D eigenvalue weighted by Gasteiger charge is 2.53. The molecule has 11 atom stereocenters. The van der Waals surface area contributed by atoms with Gasteiger partial charge >= 0.3 is 6.09 Å². The SMILES string of the molecule is CC=NC(=O)c1c(C)cc2c(c1O)-c1c(cc3c(c1O)C(=O)c1cc(OC)cc(O)c1C3=O)[C@H](O)[C@H]2O[C@@H]1O[C@H](C)[C@H](N(C)C(=O)OCc2ccccc2)[C@H](O[C@@H]2OC[C@@H](O)[C@H](O)[C@H]2O)[C@H]1O. The number of aryl methyl sites for hydroxylation is 1. The maximum atomic E-state index is 14.2. The number of nitrogens with zero attached hydrogens (tertiary/aromatic N) is 2. The molecular formula is C47H48N2O18. The number of ketones is 2. The first-order valence-electron chi connectivity index (χ1n) is 21.1. The molecule has 2 heterocycles. The number of methoxy groups -OCH3 is 1. The van der Waals surface area contributed by atoms with Gasteiger partial charge in [-0.15, -0.1) is 0 Å². The number of aliphatic hydroxyl groups is 5. The predicted octanol–water partition coefficient (Wildman–Crippen LogP) is 2.47. The summed E-state index contributed by atoms with van der Waals surface area (Å²) in [5.41, 5.74) is -2.28. The number of phenols is 3. The normalized spacial score (nSPS) is 27.7. The Bertz CT molecular complexity index is 2670. The average molecular weight is 929 g/mol. The third-order valence-corrected chi connectivity index (χ3v) is 12.5. The van der Waals surface area contributed by atoms with Crippen molar-refractivity contribution in [3.05, 3.63) is 105 Å². The number of hydrogen-bond donors (Lipinski definition) is 8. The number of likely N-dealkylation sites (N-methyl/N-ethyl adjacent to an activating group) is 1. The fourth-order valence-electron chi connectivity index (χ4n) is 9.19. The molecular weight excluding hydrogens is 881 g/mol. The second-order valence-electron chi connectivity index (χ2n) is 16.6. The molecule has 2 fully saturated rings. The van der Waals surface area contributed by atoms with Gasteiger partial charge in [0.05, 0.1) is 42.6 Å². The van der Waals surface area contributed by atoms with E-state index in [4.69, 9.17) is 28.4 Å². The molecule has 2 aliphatic heterocycles. The van der Waals surface area contributed by atoms with Crippen molar-refractivity contribution in [1.82, 2.24) is 4.90 Å². The molecule has 67 heavy (non-hydrogen) atoms. The van der Waals surface area contributed by atoms with Crippen LogP contribution < -0.4 is 4.74 Å². The number of carbonyl (C=O) groups excluding carboxylic acids is 4. The van der Waals surface area contributed by atoms with Gasteiger partial charge in [-0.05, 0) is 55.2 Å². The van der Waals surface area contributed by atoms with Crippen LogP contribution in [0, 0.1) is 6.92 Å². The van der Waals surface area contributed by atoms with E-state index in [2.05, 4.69) is 4.99 Å². The number of aromatic hydroxyl groups is 3. The van der Waals surface area contributed by atoms with Crippen molar-refractivity contribution < 1.29 is 88.5 Å². The van der Waals surface area contributed by atoms with Gasteiger partial charge < -0.3 is 74.2 Å². The second-order valence-corrected chi connectivity index (χ2v) is 16.6. The topological polar surface area (TPSA) is 301 Å². The Morgan fingerprint density at radius 1 is 0.836 bits per heavy atom. The molecule has 4 aromatic rings. The Morgan fingerprint density at radius 3 is 2.19 bits per heavy atom. The summed E-state index contributed by atoms with van der Waals surface area (Å²) in [6.45, 7) is 3.81. The quantitative estimate of drug-likeness (QED) is 0.0985. The van der Waals surface area contributed by atoms with E-state index in [0.717, 1.165) is 17.0 Å². The molecule has 0 bridgehead atoms. The molecule has 20 nitrogen and oxygen atoms in total. The lowest BCUT2D eigenvalue weighted by atomic mass is 9.74. The zero-order valence-electron chi connectivity index (χ0n) is 36.6. The van der Waals surface area contributed by atoms with Crippen molar-refractivity contribution in [1.29, 1.82) is 0 Å². The molecule has 2 aliphatic carbocycles. The summed E-state index contributed by atoms with van der Waals surface area (Å²) >= 11 is 0. The molecule has 8 N–H and O–H groups in total. The number of aliphatic hydroxyl groups excluding tert-OH is 5. The predicted molar refractivity (Wildman–Crippen MR) is 230 cm³/mol. The average Bonchev–Trinajstić information content (AvgIpc) is 3.30. The summed E-state index contributed by atoms with van der Waals surface area (Å²) in [7, 11) is 2.62. The molecule has 354 valence electrons. The number of aliphatic imine (C=N–C) groups is 1. The van der Waals surface area contributed by atoms with Gasteiger partial charge in [0.1, 0.15) is 72.3 Å². The van der Waals surface area contributed by atoms with Gasteiger partial charge in [-0.1, -0.05) is 36.4 Å². The van der Waals surface area contributed by atoms with Crippen molar-refractivity contribution in [2.24, 2.45) is 4.99 Å². The first-order chi connectivity index (χ1) is 31.9. The molecule has 2 saturated heterocycles. The van der Waals surface area contributed by atoms with Crippen LogP contribution in [0.3, 0.4) is 0 Å². The first kappa shape index (κ1) is 47.2. The maximum Gasteiger partial charge on any atom is 0.410 e. The summed E-state index contributed by atoms with van der Waals surface area (Å²) < 4.78 is 35.1. The van der Waals surface area contributed by atoms with E-state index in [1.54, 1.807) is 30.3 Å². The van der Waals surface area contributed by atoms with Crippen LogP contribution in [0.1, 0.15) is 90.5 Å². The van der Waals surface area contributed by atoms with Gasteiger partial charge in [0.2, 0.25) is 0 Å². The third-order valence-electron chi connectivity index (χ3n) is 12.5. The van der Waals surface area contributed by atoms with Crippen LogP contribution in [0.4, 0.5) is 4.79 Å². The number of carbonyl (C=O) groups is 4. The molecule has 0 radical (unpaired) electrons. The summed E-state index contributed by atoms with van der Waals surface area (Å²) in [5.74, 6) is -4.92. The summed E-state index contributed by atoms with van der Waals surface area (Å²) in [6, 6.07) is 12.3. The van der Waals surface area contributed by atoms with Crippen molar-refractivity contribution >= 4 is 29.8 Å². The first-order valence-corrected chi connectivity index (χ1v) is 21.1. The molecule has 20 heteroatoms. The molecule has 4 aliphatic rings. The van der Waals surface area contributed by atoms with Crippen LogP contribution in [0.5, 0.6) is 23.0 Å². The van der Waals surface area contributed by atoms with Gasteiger partial charge in [0, 0.05) is 41.6 Å². The Morgan fingerprint density at radius 2 is 1.51 bits per heavy atom.